The summed E-state index contributed by atoms with van der Waals surface area (Å²) in [6, 6.07) is 21.6. The number of ether oxygens (including phenoxy) is 1. The fourth-order valence-electron chi connectivity index (χ4n) is 4.25. The number of rotatable bonds is 2. The van der Waals surface area contributed by atoms with Crippen molar-refractivity contribution < 1.29 is 14.9 Å². The van der Waals surface area contributed by atoms with Crippen LogP contribution in [0, 0.1) is 0 Å². The van der Waals surface area contributed by atoms with Crippen molar-refractivity contribution in [1.29, 1.82) is 0 Å². The van der Waals surface area contributed by atoms with Gasteiger partial charge in [-0.1, -0.05) is 60.7 Å². The van der Waals surface area contributed by atoms with Crippen LogP contribution in [0.15, 0.2) is 66.7 Å². The van der Waals surface area contributed by atoms with Gasteiger partial charge < -0.3 is 14.9 Å². The van der Waals surface area contributed by atoms with Gasteiger partial charge in [-0.2, -0.15) is 0 Å². The molecule has 0 spiro atoms. The maximum absolute atomic E-state index is 11.0. The smallest absolute Gasteiger partial charge is 0.130 e. The van der Waals surface area contributed by atoms with Gasteiger partial charge in [-0.3, -0.25) is 0 Å². The third-order valence-electron chi connectivity index (χ3n) is 5.54. The second-order valence-electron chi connectivity index (χ2n) is 7.11. The number of hydrogen-bond donors (Lipinski definition) is 2. The molecule has 0 fully saturated rings. The van der Waals surface area contributed by atoms with Gasteiger partial charge in [0.1, 0.15) is 23.4 Å². The van der Waals surface area contributed by atoms with Gasteiger partial charge in [-0.15, -0.1) is 0 Å². The average Bonchev–Trinajstić information content (AvgIpc) is 2.72. The summed E-state index contributed by atoms with van der Waals surface area (Å²) in [5.74, 6) is 1.30. The van der Waals surface area contributed by atoms with Gasteiger partial charge >= 0.3 is 0 Å². The van der Waals surface area contributed by atoms with E-state index in [2.05, 4.69) is 12.1 Å². The fraction of sp³-hybridized carbons (Fsp3) is 0.167. The Morgan fingerprint density at radius 3 is 2.22 bits per heavy atom. The maximum Gasteiger partial charge on any atom is 0.130 e. The fourth-order valence-corrected chi connectivity index (χ4v) is 4.25. The summed E-state index contributed by atoms with van der Waals surface area (Å²) < 4.78 is 6.41. The van der Waals surface area contributed by atoms with E-state index in [0.29, 0.717) is 10.8 Å². The molecule has 0 saturated carbocycles. The molecule has 1 aliphatic rings. The quantitative estimate of drug-likeness (QED) is 0.442. The topological polar surface area (TPSA) is 49.7 Å². The number of hydrogen-bond acceptors (Lipinski definition) is 3. The lowest BCUT2D eigenvalue weighted by atomic mass is 9.85. The molecule has 134 valence electrons. The van der Waals surface area contributed by atoms with Gasteiger partial charge in [-0.25, -0.2) is 0 Å². The van der Waals surface area contributed by atoms with Gasteiger partial charge in [0.2, 0.25) is 0 Å². The van der Waals surface area contributed by atoms with Crippen LogP contribution in [0.25, 0.3) is 21.5 Å². The predicted molar refractivity (Wildman–Crippen MR) is 108 cm³/mol. The van der Waals surface area contributed by atoms with Crippen molar-refractivity contribution in [3.8, 4) is 17.2 Å². The van der Waals surface area contributed by atoms with Crippen molar-refractivity contribution in [2.75, 3.05) is 0 Å². The third kappa shape index (κ3) is 2.50. The van der Waals surface area contributed by atoms with Crippen molar-refractivity contribution in [1.82, 2.24) is 0 Å². The Labute approximate surface area is 157 Å². The molecule has 3 nitrogen and oxygen atoms in total. The highest BCUT2D eigenvalue weighted by Gasteiger charge is 2.30. The van der Waals surface area contributed by atoms with E-state index < -0.39 is 0 Å². The Morgan fingerprint density at radius 1 is 0.741 bits per heavy atom. The zero-order valence-electron chi connectivity index (χ0n) is 14.9. The summed E-state index contributed by atoms with van der Waals surface area (Å²) in [5, 5.41) is 25.3. The SMILES string of the molecule is Oc1c2c(c(O)c3ccccc13)C(Oc1cccc3ccccc13)CCC2. The lowest BCUT2D eigenvalue weighted by molar-refractivity contribution is 0.181. The molecule has 5 rings (SSSR count). The molecule has 1 unspecified atom stereocenters. The number of phenols is 2. The molecule has 1 aliphatic carbocycles. The number of aromatic hydroxyl groups is 2. The normalized spacial score (nSPS) is 16.4. The summed E-state index contributed by atoms with van der Waals surface area (Å²) in [7, 11) is 0. The summed E-state index contributed by atoms with van der Waals surface area (Å²) in [5.41, 5.74) is 1.54. The van der Waals surface area contributed by atoms with Gasteiger partial charge in [0.25, 0.3) is 0 Å². The van der Waals surface area contributed by atoms with Crippen LogP contribution in [0.5, 0.6) is 17.2 Å². The highest BCUT2D eigenvalue weighted by atomic mass is 16.5. The van der Waals surface area contributed by atoms with E-state index in [1.807, 2.05) is 54.6 Å². The van der Waals surface area contributed by atoms with Crippen LogP contribution in [-0.2, 0) is 6.42 Å². The molecule has 2 N–H and O–H groups in total. The van der Waals surface area contributed by atoms with Crippen LogP contribution in [0.4, 0.5) is 0 Å². The molecular formula is C24H20O3. The number of benzene rings is 4. The Kier molecular flexibility index (Phi) is 3.68. The highest BCUT2D eigenvalue weighted by Crippen LogP contribution is 2.48. The molecule has 3 heteroatoms. The lowest BCUT2D eigenvalue weighted by Crippen LogP contribution is -2.16. The second-order valence-corrected chi connectivity index (χ2v) is 7.11. The first-order valence-electron chi connectivity index (χ1n) is 9.34. The van der Waals surface area contributed by atoms with Crippen LogP contribution in [0.2, 0.25) is 0 Å². The summed E-state index contributed by atoms with van der Waals surface area (Å²) >= 11 is 0. The van der Waals surface area contributed by atoms with Gasteiger partial charge in [-0.05, 0) is 30.7 Å². The first-order chi connectivity index (χ1) is 13.2. The Morgan fingerprint density at radius 2 is 1.41 bits per heavy atom. The predicted octanol–water partition coefficient (Wildman–Crippen LogP) is 5.86. The largest absolute Gasteiger partial charge is 0.507 e. The number of phenolic OH excluding ortho intramolecular Hbond substituents is 2. The Hall–Kier alpha value is -3.20. The van der Waals surface area contributed by atoms with Crippen LogP contribution in [-0.4, -0.2) is 10.2 Å². The first-order valence-corrected chi connectivity index (χ1v) is 9.34. The first kappa shape index (κ1) is 16.0. The highest BCUT2D eigenvalue weighted by molar-refractivity contribution is 5.96. The molecule has 27 heavy (non-hydrogen) atoms. The minimum absolute atomic E-state index is 0.225. The maximum atomic E-state index is 11.0. The zero-order chi connectivity index (χ0) is 18.4. The van der Waals surface area contributed by atoms with Gasteiger partial charge in [0, 0.05) is 27.3 Å². The molecule has 0 heterocycles. The molecule has 0 aromatic heterocycles. The molecule has 4 aromatic rings. The van der Waals surface area contributed by atoms with E-state index >= 15 is 0 Å². The average molecular weight is 356 g/mol. The van der Waals surface area contributed by atoms with Crippen LogP contribution in [0.3, 0.4) is 0 Å². The Balaban J connectivity index is 1.66. The summed E-state index contributed by atoms with van der Waals surface area (Å²) in [4.78, 5) is 0. The van der Waals surface area contributed by atoms with Crippen LogP contribution < -0.4 is 4.74 Å². The van der Waals surface area contributed by atoms with E-state index in [1.165, 1.54) is 0 Å². The molecule has 0 saturated heterocycles. The van der Waals surface area contributed by atoms with Crippen molar-refractivity contribution in [2.45, 2.75) is 25.4 Å². The van der Waals surface area contributed by atoms with Crippen molar-refractivity contribution in [2.24, 2.45) is 0 Å². The molecule has 0 bridgehead atoms. The molecule has 4 aromatic carbocycles. The Bertz CT molecular complexity index is 1160. The van der Waals surface area contributed by atoms with Crippen molar-refractivity contribution in [3.05, 3.63) is 77.9 Å². The minimum Gasteiger partial charge on any atom is -0.507 e. The van der Waals surface area contributed by atoms with Crippen molar-refractivity contribution >= 4 is 21.5 Å². The summed E-state index contributed by atoms with van der Waals surface area (Å²) in [6.07, 6.45) is 2.18. The second kappa shape index (κ2) is 6.20. The van der Waals surface area contributed by atoms with E-state index in [0.717, 1.165) is 46.9 Å². The van der Waals surface area contributed by atoms with Crippen LogP contribution in [0.1, 0.15) is 30.1 Å². The third-order valence-corrected chi connectivity index (χ3v) is 5.54. The minimum atomic E-state index is -0.282. The monoisotopic (exact) mass is 356 g/mol. The van der Waals surface area contributed by atoms with Crippen LogP contribution >= 0.6 is 0 Å². The standard InChI is InChI=1S/C24H20O3/c25-23-17-10-3-4-11-18(17)24(26)22-19(23)12-6-14-21(22)27-20-13-5-8-15-7-1-2-9-16(15)20/h1-5,7-11,13,21,25-26H,6,12,14H2. The van der Waals surface area contributed by atoms with E-state index in [9.17, 15) is 10.2 Å². The van der Waals surface area contributed by atoms with E-state index in [1.54, 1.807) is 0 Å². The molecule has 0 amide bonds. The molecule has 0 aliphatic heterocycles. The molecular weight excluding hydrogens is 336 g/mol. The zero-order valence-corrected chi connectivity index (χ0v) is 14.9. The van der Waals surface area contributed by atoms with E-state index in [-0.39, 0.29) is 17.6 Å². The lowest BCUT2D eigenvalue weighted by Gasteiger charge is -2.29. The number of fused-ring (bicyclic) bond motifs is 3. The molecule has 0 radical (unpaired) electrons. The van der Waals surface area contributed by atoms with Gasteiger partial charge in [0.15, 0.2) is 0 Å². The molecule has 1 atom stereocenters. The van der Waals surface area contributed by atoms with E-state index in [4.69, 9.17) is 4.74 Å². The van der Waals surface area contributed by atoms with Crippen molar-refractivity contribution in [3.63, 3.8) is 0 Å². The summed E-state index contributed by atoms with van der Waals surface area (Å²) in [6.45, 7) is 0. The van der Waals surface area contributed by atoms with Gasteiger partial charge in [0.05, 0.1) is 0 Å².